The van der Waals surface area contributed by atoms with Gasteiger partial charge in [0.2, 0.25) is 0 Å². The Morgan fingerprint density at radius 3 is 2.22 bits per heavy atom. The number of rotatable bonds is 7. The van der Waals surface area contributed by atoms with Gasteiger partial charge in [-0.2, -0.15) is 0 Å². The molecule has 1 atom stereocenters. The van der Waals surface area contributed by atoms with Crippen molar-refractivity contribution in [1.29, 1.82) is 0 Å². The summed E-state index contributed by atoms with van der Waals surface area (Å²) >= 11 is 1.85. The predicted octanol–water partition coefficient (Wildman–Crippen LogP) is 3.83. The zero-order valence-corrected chi connectivity index (χ0v) is 13.5. The van der Waals surface area contributed by atoms with Gasteiger partial charge in [0.25, 0.3) is 0 Å². The van der Waals surface area contributed by atoms with Gasteiger partial charge in [-0.25, -0.2) is 0 Å². The standard InChI is InChI=1S/C15H28N2S/c1-7-15(8-2,17(5)6)14(16-9-3)13-10-11-18-12(13)4/h10-11,14,16H,7-9H2,1-6H3. The number of aryl methyl sites for hydroxylation is 1. The summed E-state index contributed by atoms with van der Waals surface area (Å²) in [6, 6.07) is 2.70. The lowest BCUT2D eigenvalue weighted by molar-refractivity contribution is 0.0888. The number of hydrogen-bond donors (Lipinski definition) is 1. The van der Waals surface area contributed by atoms with Crippen molar-refractivity contribution in [1.82, 2.24) is 10.2 Å². The van der Waals surface area contributed by atoms with Crippen LogP contribution in [0.2, 0.25) is 0 Å². The zero-order valence-electron chi connectivity index (χ0n) is 12.7. The van der Waals surface area contributed by atoms with Crippen LogP contribution in [0.5, 0.6) is 0 Å². The Morgan fingerprint density at radius 1 is 1.28 bits per heavy atom. The Morgan fingerprint density at radius 2 is 1.89 bits per heavy atom. The lowest BCUT2D eigenvalue weighted by Gasteiger charge is -2.45. The molecule has 18 heavy (non-hydrogen) atoms. The molecular weight excluding hydrogens is 240 g/mol. The average Bonchev–Trinajstić information content (AvgIpc) is 2.75. The molecule has 1 unspecified atom stereocenters. The highest BCUT2D eigenvalue weighted by Gasteiger charge is 2.39. The van der Waals surface area contributed by atoms with Gasteiger partial charge in [-0.3, -0.25) is 0 Å². The summed E-state index contributed by atoms with van der Waals surface area (Å²) in [6.45, 7) is 10.0. The Labute approximate surface area is 116 Å². The zero-order chi connectivity index (χ0) is 13.8. The summed E-state index contributed by atoms with van der Waals surface area (Å²) in [5.41, 5.74) is 1.67. The van der Waals surface area contributed by atoms with E-state index in [0.717, 1.165) is 19.4 Å². The molecule has 0 bridgehead atoms. The normalized spacial score (nSPS) is 14.2. The Bertz CT molecular complexity index is 353. The van der Waals surface area contributed by atoms with Crippen molar-refractivity contribution in [3.05, 3.63) is 21.9 Å². The second-order valence-electron chi connectivity index (χ2n) is 5.13. The van der Waals surface area contributed by atoms with Crippen molar-refractivity contribution in [2.24, 2.45) is 0 Å². The molecule has 0 saturated heterocycles. The molecular formula is C15H28N2S. The molecule has 1 heterocycles. The molecule has 1 rings (SSSR count). The van der Waals surface area contributed by atoms with Gasteiger partial charge < -0.3 is 10.2 Å². The number of nitrogens with one attached hydrogen (secondary N) is 1. The van der Waals surface area contributed by atoms with Crippen molar-refractivity contribution in [2.45, 2.75) is 52.1 Å². The monoisotopic (exact) mass is 268 g/mol. The molecule has 104 valence electrons. The lowest BCUT2D eigenvalue weighted by Crippen LogP contribution is -2.53. The van der Waals surface area contributed by atoms with Gasteiger partial charge in [-0.15, -0.1) is 11.3 Å². The highest BCUT2D eigenvalue weighted by Crippen LogP contribution is 2.38. The summed E-state index contributed by atoms with van der Waals surface area (Å²) in [7, 11) is 4.41. The van der Waals surface area contributed by atoms with E-state index in [0.29, 0.717) is 6.04 Å². The molecule has 0 amide bonds. The van der Waals surface area contributed by atoms with Crippen LogP contribution in [0.1, 0.15) is 50.1 Å². The van der Waals surface area contributed by atoms with Crippen LogP contribution in [-0.4, -0.2) is 31.1 Å². The largest absolute Gasteiger partial charge is 0.309 e. The fourth-order valence-electron chi connectivity index (χ4n) is 3.04. The van der Waals surface area contributed by atoms with Crippen LogP contribution in [0.25, 0.3) is 0 Å². The molecule has 0 aliphatic carbocycles. The maximum absolute atomic E-state index is 3.71. The van der Waals surface area contributed by atoms with E-state index in [1.54, 1.807) is 0 Å². The first kappa shape index (κ1) is 15.7. The molecule has 0 radical (unpaired) electrons. The van der Waals surface area contributed by atoms with Gasteiger partial charge >= 0.3 is 0 Å². The predicted molar refractivity (Wildman–Crippen MR) is 82.5 cm³/mol. The van der Waals surface area contributed by atoms with E-state index in [1.807, 2.05) is 11.3 Å². The van der Waals surface area contributed by atoms with Crippen molar-refractivity contribution in [2.75, 3.05) is 20.6 Å². The first-order chi connectivity index (χ1) is 8.53. The van der Waals surface area contributed by atoms with Crippen molar-refractivity contribution < 1.29 is 0 Å². The molecule has 0 aliphatic heterocycles. The smallest absolute Gasteiger partial charge is 0.0517 e. The van der Waals surface area contributed by atoms with Crippen LogP contribution in [0.15, 0.2) is 11.4 Å². The molecule has 0 aromatic carbocycles. The van der Waals surface area contributed by atoms with Gasteiger partial charge in [0.05, 0.1) is 6.04 Å². The number of nitrogens with zero attached hydrogens (tertiary/aromatic N) is 1. The van der Waals surface area contributed by atoms with E-state index in [2.05, 4.69) is 63.5 Å². The fraction of sp³-hybridized carbons (Fsp3) is 0.733. The second-order valence-corrected chi connectivity index (χ2v) is 6.25. The van der Waals surface area contributed by atoms with Gasteiger partial charge in [-0.05, 0) is 57.4 Å². The Balaban J connectivity index is 3.21. The van der Waals surface area contributed by atoms with Crippen molar-refractivity contribution in [3.63, 3.8) is 0 Å². The van der Waals surface area contributed by atoms with E-state index in [9.17, 15) is 0 Å². The van der Waals surface area contributed by atoms with Crippen LogP contribution in [0.3, 0.4) is 0 Å². The molecule has 0 spiro atoms. The van der Waals surface area contributed by atoms with Crippen LogP contribution in [0, 0.1) is 6.92 Å². The lowest BCUT2D eigenvalue weighted by atomic mass is 9.79. The van der Waals surface area contributed by atoms with E-state index in [-0.39, 0.29) is 5.54 Å². The first-order valence-electron chi connectivity index (χ1n) is 6.98. The summed E-state index contributed by atoms with van der Waals surface area (Å²) in [6.07, 6.45) is 2.31. The molecule has 2 nitrogen and oxygen atoms in total. The molecule has 1 aromatic rings. The second kappa shape index (κ2) is 6.69. The van der Waals surface area contributed by atoms with Gasteiger partial charge in [-0.1, -0.05) is 20.8 Å². The molecule has 0 aliphatic rings. The quantitative estimate of drug-likeness (QED) is 0.808. The van der Waals surface area contributed by atoms with E-state index in [4.69, 9.17) is 0 Å². The number of thiophene rings is 1. The molecule has 1 aromatic heterocycles. The Kier molecular flexibility index (Phi) is 5.83. The minimum Gasteiger partial charge on any atom is -0.309 e. The topological polar surface area (TPSA) is 15.3 Å². The van der Waals surface area contributed by atoms with Gasteiger partial charge in [0, 0.05) is 10.4 Å². The summed E-state index contributed by atoms with van der Waals surface area (Å²) in [5, 5.41) is 5.92. The van der Waals surface area contributed by atoms with E-state index in [1.165, 1.54) is 10.4 Å². The third kappa shape index (κ3) is 2.79. The van der Waals surface area contributed by atoms with Crippen LogP contribution in [-0.2, 0) is 0 Å². The van der Waals surface area contributed by atoms with Gasteiger partial charge in [0.1, 0.15) is 0 Å². The summed E-state index contributed by atoms with van der Waals surface area (Å²) in [4.78, 5) is 3.84. The van der Waals surface area contributed by atoms with E-state index >= 15 is 0 Å². The van der Waals surface area contributed by atoms with Crippen LogP contribution in [0.4, 0.5) is 0 Å². The van der Waals surface area contributed by atoms with Crippen LogP contribution >= 0.6 is 11.3 Å². The molecule has 0 saturated carbocycles. The maximum atomic E-state index is 3.71. The number of likely N-dealkylation sites (N-methyl/N-ethyl adjacent to an activating group) is 2. The SMILES string of the molecule is CCNC(c1ccsc1C)C(CC)(CC)N(C)C. The maximum Gasteiger partial charge on any atom is 0.0517 e. The Hall–Kier alpha value is -0.380. The number of hydrogen-bond acceptors (Lipinski definition) is 3. The van der Waals surface area contributed by atoms with E-state index < -0.39 is 0 Å². The third-order valence-electron chi connectivity index (χ3n) is 4.27. The first-order valence-corrected chi connectivity index (χ1v) is 7.86. The van der Waals surface area contributed by atoms with Crippen molar-refractivity contribution >= 4 is 11.3 Å². The summed E-state index contributed by atoms with van der Waals surface area (Å²) in [5.74, 6) is 0. The van der Waals surface area contributed by atoms with Crippen molar-refractivity contribution in [3.8, 4) is 0 Å². The average molecular weight is 268 g/mol. The van der Waals surface area contributed by atoms with Gasteiger partial charge in [0.15, 0.2) is 0 Å². The molecule has 1 N–H and O–H groups in total. The summed E-state index contributed by atoms with van der Waals surface area (Å²) < 4.78 is 0. The molecule has 3 heteroatoms. The molecule has 0 fully saturated rings. The fourth-order valence-corrected chi connectivity index (χ4v) is 3.78. The van der Waals surface area contributed by atoms with Crippen LogP contribution < -0.4 is 5.32 Å². The third-order valence-corrected chi connectivity index (χ3v) is 5.13. The minimum atomic E-state index is 0.196. The highest BCUT2D eigenvalue weighted by molar-refractivity contribution is 7.10. The minimum absolute atomic E-state index is 0.196. The highest BCUT2D eigenvalue weighted by atomic mass is 32.1.